The topological polar surface area (TPSA) is 62.3 Å². The van der Waals surface area contributed by atoms with Crippen molar-refractivity contribution >= 4 is 11.8 Å². The molecule has 1 saturated heterocycles. The highest BCUT2D eigenvalue weighted by atomic mass is 16.2. The van der Waals surface area contributed by atoms with Gasteiger partial charge in [-0.3, -0.25) is 14.6 Å². The standard InChI is InChI=1S/C22H25N3O2/c26-21(18-10-14-25(15-11-18)22(27)19-6-7-19)24-20(16-4-2-1-3-5-16)17-8-12-23-13-9-17/h1-5,8-9,12-13,18-20H,6-7,10-11,14-15H2,(H,24,26)/t20-/m0/s1. The molecule has 0 unspecified atom stereocenters. The molecule has 5 nitrogen and oxygen atoms in total. The number of piperidine rings is 1. The van der Waals surface area contributed by atoms with Crippen molar-refractivity contribution in [3.63, 3.8) is 0 Å². The lowest BCUT2D eigenvalue weighted by Gasteiger charge is -2.32. The van der Waals surface area contributed by atoms with Gasteiger partial charge in [-0.05, 0) is 48.9 Å². The number of hydrogen-bond donors (Lipinski definition) is 1. The summed E-state index contributed by atoms with van der Waals surface area (Å²) in [6.45, 7) is 1.39. The van der Waals surface area contributed by atoms with Crippen molar-refractivity contribution < 1.29 is 9.59 Å². The number of hydrogen-bond acceptors (Lipinski definition) is 3. The van der Waals surface area contributed by atoms with E-state index in [9.17, 15) is 9.59 Å². The maximum absolute atomic E-state index is 12.9. The Balaban J connectivity index is 1.42. The average molecular weight is 363 g/mol. The van der Waals surface area contributed by atoms with Crippen molar-refractivity contribution in [3.8, 4) is 0 Å². The molecule has 27 heavy (non-hydrogen) atoms. The number of carbonyl (C=O) groups is 2. The third-order valence-electron chi connectivity index (χ3n) is 5.56. The normalized spacial score (nSPS) is 18.7. The largest absolute Gasteiger partial charge is 0.345 e. The van der Waals surface area contributed by atoms with Crippen LogP contribution in [-0.4, -0.2) is 34.8 Å². The Labute approximate surface area is 159 Å². The van der Waals surface area contributed by atoms with E-state index in [1.54, 1.807) is 12.4 Å². The summed E-state index contributed by atoms with van der Waals surface area (Å²) < 4.78 is 0. The second kappa shape index (κ2) is 7.91. The lowest BCUT2D eigenvalue weighted by Crippen LogP contribution is -2.44. The predicted molar refractivity (Wildman–Crippen MR) is 103 cm³/mol. The third kappa shape index (κ3) is 4.18. The lowest BCUT2D eigenvalue weighted by molar-refractivity contribution is -0.136. The second-order valence-corrected chi connectivity index (χ2v) is 7.51. The minimum Gasteiger partial charge on any atom is -0.345 e. The van der Waals surface area contributed by atoms with Crippen LogP contribution >= 0.6 is 0 Å². The molecule has 0 bridgehead atoms. The van der Waals surface area contributed by atoms with Crippen molar-refractivity contribution in [2.75, 3.05) is 13.1 Å². The van der Waals surface area contributed by atoms with E-state index in [-0.39, 0.29) is 29.7 Å². The van der Waals surface area contributed by atoms with Crippen LogP contribution in [-0.2, 0) is 9.59 Å². The van der Waals surface area contributed by atoms with E-state index in [0.717, 1.165) is 36.8 Å². The van der Waals surface area contributed by atoms with E-state index < -0.39 is 0 Å². The summed E-state index contributed by atoms with van der Waals surface area (Å²) in [4.78, 5) is 31.2. The molecule has 1 aromatic carbocycles. The molecule has 0 radical (unpaired) electrons. The molecule has 1 aliphatic heterocycles. The maximum atomic E-state index is 12.9. The molecule has 2 fully saturated rings. The highest BCUT2D eigenvalue weighted by Crippen LogP contribution is 2.32. The van der Waals surface area contributed by atoms with Gasteiger partial charge in [0, 0.05) is 37.3 Å². The molecule has 1 saturated carbocycles. The molecule has 1 atom stereocenters. The van der Waals surface area contributed by atoms with Crippen LogP contribution in [0.5, 0.6) is 0 Å². The zero-order chi connectivity index (χ0) is 18.6. The van der Waals surface area contributed by atoms with Crippen LogP contribution in [0.4, 0.5) is 0 Å². The summed E-state index contributed by atoms with van der Waals surface area (Å²) in [7, 11) is 0. The molecule has 1 aromatic heterocycles. The molecular formula is C22H25N3O2. The number of rotatable bonds is 5. The summed E-state index contributed by atoms with van der Waals surface area (Å²) in [5, 5.41) is 3.23. The van der Waals surface area contributed by atoms with Gasteiger partial charge in [-0.2, -0.15) is 0 Å². The summed E-state index contributed by atoms with van der Waals surface area (Å²) in [6.07, 6.45) is 7.04. The predicted octanol–water partition coefficient (Wildman–Crippen LogP) is 2.94. The second-order valence-electron chi connectivity index (χ2n) is 7.51. The van der Waals surface area contributed by atoms with Gasteiger partial charge in [0.15, 0.2) is 0 Å². The molecule has 4 rings (SSSR count). The minimum atomic E-state index is -0.187. The fourth-order valence-electron chi connectivity index (χ4n) is 3.77. The van der Waals surface area contributed by atoms with Crippen LogP contribution < -0.4 is 5.32 Å². The Kier molecular flexibility index (Phi) is 5.19. The number of carbonyl (C=O) groups excluding carboxylic acids is 2. The van der Waals surface area contributed by atoms with Crippen LogP contribution in [0, 0.1) is 11.8 Å². The van der Waals surface area contributed by atoms with Crippen LogP contribution in [0.3, 0.4) is 0 Å². The number of likely N-dealkylation sites (tertiary alicyclic amines) is 1. The van der Waals surface area contributed by atoms with Gasteiger partial charge in [0.25, 0.3) is 0 Å². The zero-order valence-electron chi connectivity index (χ0n) is 15.4. The van der Waals surface area contributed by atoms with E-state index in [2.05, 4.69) is 10.3 Å². The van der Waals surface area contributed by atoms with E-state index in [0.29, 0.717) is 13.1 Å². The zero-order valence-corrected chi connectivity index (χ0v) is 15.4. The van der Waals surface area contributed by atoms with Crippen LogP contribution in [0.25, 0.3) is 0 Å². The van der Waals surface area contributed by atoms with E-state index in [1.807, 2.05) is 47.4 Å². The van der Waals surface area contributed by atoms with Crippen LogP contribution in [0.2, 0.25) is 0 Å². The Bertz CT molecular complexity index is 742. The monoisotopic (exact) mass is 363 g/mol. The Morgan fingerprint density at radius 1 is 0.889 bits per heavy atom. The van der Waals surface area contributed by atoms with Crippen molar-refractivity contribution in [2.24, 2.45) is 11.8 Å². The quantitative estimate of drug-likeness (QED) is 0.888. The number of nitrogens with zero attached hydrogens (tertiary/aromatic N) is 2. The van der Waals surface area contributed by atoms with Gasteiger partial charge in [0.1, 0.15) is 0 Å². The van der Waals surface area contributed by atoms with E-state index in [1.165, 1.54) is 0 Å². The van der Waals surface area contributed by atoms with Gasteiger partial charge in [-0.25, -0.2) is 0 Å². The van der Waals surface area contributed by atoms with Crippen LogP contribution in [0.1, 0.15) is 42.9 Å². The molecular weight excluding hydrogens is 338 g/mol. The first-order valence-corrected chi connectivity index (χ1v) is 9.76. The molecule has 2 aliphatic rings. The van der Waals surface area contributed by atoms with Crippen molar-refractivity contribution in [1.29, 1.82) is 0 Å². The molecule has 1 aliphatic carbocycles. The molecule has 2 aromatic rings. The summed E-state index contributed by atoms with van der Waals surface area (Å²) in [6, 6.07) is 13.7. The Hall–Kier alpha value is -2.69. The van der Waals surface area contributed by atoms with Gasteiger partial charge < -0.3 is 10.2 Å². The molecule has 1 N–H and O–H groups in total. The number of nitrogens with one attached hydrogen (secondary N) is 1. The van der Waals surface area contributed by atoms with E-state index in [4.69, 9.17) is 0 Å². The Morgan fingerprint density at radius 3 is 2.15 bits per heavy atom. The summed E-state index contributed by atoms with van der Waals surface area (Å²) in [5.41, 5.74) is 2.07. The maximum Gasteiger partial charge on any atom is 0.225 e. The smallest absolute Gasteiger partial charge is 0.225 e. The first-order valence-electron chi connectivity index (χ1n) is 9.76. The van der Waals surface area contributed by atoms with E-state index >= 15 is 0 Å². The Morgan fingerprint density at radius 2 is 1.52 bits per heavy atom. The van der Waals surface area contributed by atoms with Gasteiger partial charge >= 0.3 is 0 Å². The molecule has 2 heterocycles. The minimum absolute atomic E-state index is 0.0405. The third-order valence-corrected chi connectivity index (χ3v) is 5.56. The average Bonchev–Trinajstić information content (AvgIpc) is 3.58. The van der Waals surface area contributed by atoms with Gasteiger partial charge in [0.05, 0.1) is 6.04 Å². The fourth-order valence-corrected chi connectivity index (χ4v) is 3.77. The first kappa shape index (κ1) is 17.7. The van der Waals surface area contributed by atoms with Crippen molar-refractivity contribution in [2.45, 2.75) is 31.7 Å². The highest BCUT2D eigenvalue weighted by Gasteiger charge is 2.36. The number of amides is 2. The highest BCUT2D eigenvalue weighted by molar-refractivity contribution is 5.82. The number of benzene rings is 1. The van der Waals surface area contributed by atoms with Gasteiger partial charge in [-0.1, -0.05) is 30.3 Å². The fraction of sp³-hybridized carbons (Fsp3) is 0.409. The van der Waals surface area contributed by atoms with Crippen molar-refractivity contribution in [3.05, 3.63) is 66.0 Å². The molecule has 0 spiro atoms. The molecule has 140 valence electrons. The lowest BCUT2D eigenvalue weighted by atomic mass is 9.93. The van der Waals surface area contributed by atoms with Gasteiger partial charge in [0.2, 0.25) is 11.8 Å². The SMILES string of the molecule is O=C(N[C@@H](c1ccccc1)c1ccncc1)C1CCN(C(=O)C2CC2)CC1. The molecule has 5 heteroatoms. The first-order chi connectivity index (χ1) is 13.2. The van der Waals surface area contributed by atoms with Crippen LogP contribution in [0.15, 0.2) is 54.9 Å². The number of pyridine rings is 1. The van der Waals surface area contributed by atoms with Gasteiger partial charge in [-0.15, -0.1) is 0 Å². The summed E-state index contributed by atoms with van der Waals surface area (Å²) >= 11 is 0. The van der Waals surface area contributed by atoms with Crippen molar-refractivity contribution in [1.82, 2.24) is 15.2 Å². The summed E-state index contributed by atoms with van der Waals surface area (Å²) in [5.74, 6) is 0.567. The number of aromatic nitrogens is 1. The molecule has 2 amide bonds.